The van der Waals surface area contributed by atoms with E-state index >= 15 is 0 Å². The largest absolute Gasteiger partial charge is 0.452 e. The fraction of sp³-hybridized carbons (Fsp3) is 0.444. The molecule has 0 N–H and O–H groups in total. The van der Waals surface area contributed by atoms with E-state index in [1.807, 2.05) is 27.7 Å². The summed E-state index contributed by atoms with van der Waals surface area (Å²) in [6.45, 7) is 7.78. The second kappa shape index (κ2) is 8.96. The summed E-state index contributed by atoms with van der Waals surface area (Å²) < 4.78 is 15.6. The SMILES string of the molecule is CC(C)c1noc(COC(=O)c2cccnc2SCc2nc(C(C)C)no2)n1. The van der Waals surface area contributed by atoms with Gasteiger partial charge in [-0.25, -0.2) is 9.78 Å². The second-order valence-electron chi connectivity index (χ2n) is 6.62. The molecule has 28 heavy (non-hydrogen) atoms. The van der Waals surface area contributed by atoms with Crippen LogP contribution in [-0.2, 0) is 17.1 Å². The van der Waals surface area contributed by atoms with E-state index in [-0.39, 0.29) is 24.3 Å². The first-order valence-corrected chi connectivity index (χ1v) is 9.82. The number of pyridine rings is 1. The predicted octanol–water partition coefficient (Wildman–Crippen LogP) is 3.74. The van der Waals surface area contributed by atoms with Crippen molar-refractivity contribution in [1.29, 1.82) is 0 Å². The van der Waals surface area contributed by atoms with E-state index in [0.29, 0.717) is 33.9 Å². The number of ether oxygens (including phenoxy) is 1. The van der Waals surface area contributed by atoms with Gasteiger partial charge in [0.15, 0.2) is 18.3 Å². The van der Waals surface area contributed by atoms with Crippen LogP contribution in [0.2, 0.25) is 0 Å². The molecule has 0 unspecified atom stereocenters. The summed E-state index contributed by atoms with van der Waals surface area (Å²) in [5.74, 6) is 2.15. The Morgan fingerprint density at radius 2 is 1.71 bits per heavy atom. The van der Waals surface area contributed by atoms with E-state index in [0.717, 1.165) is 0 Å². The van der Waals surface area contributed by atoms with Crippen molar-refractivity contribution >= 4 is 17.7 Å². The topological polar surface area (TPSA) is 117 Å². The summed E-state index contributed by atoms with van der Waals surface area (Å²) in [7, 11) is 0. The van der Waals surface area contributed by atoms with Crippen LogP contribution in [0.4, 0.5) is 0 Å². The monoisotopic (exact) mass is 403 g/mol. The van der Waals surface area contributed by atoms with Gasteiger partial charge in [-0.2, -0.15) is 9.97 Å². The zero-order valence-electron chi connectivity index (χ0n) is 16.1. The smallest absolute Gasteiger partial charge is 0.341 e. The third-order valence-corrected chi connectivity index (χ3v) is 4.64. The van der Waals surface area contributed by atoms with E-state index < -0.39 is 5.97 Å². The Hall–Kier alpha value is -2.75. The van der Waals surface area contributed by atoms with Gasteiger partial charge in [-0.3, -0.25) is 0 Å². The van der Waals surface area contributed by atoms with Gasteiger partial charge in [-0.05, 0) is 12.1 Å². The standard InChI is InChI=1S/C18H21N5O4S/c1-10(2)15-20-13(26-22-15)8-25-18(24)12-6-5-7-19-17(12)28-9-14-21-16(11(3)4)23-27-14/h5-7,10-11H,8-9H2,1-4H3. The summed E-state index contributed by atoms with van der Waals surface area (Å²) >= 11 is 1.32. The quantitative estimate of drug-likeness (QED) is 0.406. The highest BCUT2D eigenvalue weighted by Gasteiger charge is 2.18. The van der Waals surface area contributed by atoms with E-state index in [1.54, 1.807) is 18.3 Å². The first-order valence-electron chi connectivity index (χ1n) is 8.84. The Balaban J connectivity index is 1.62. The van der Waals surface area contributed by atoms with Gasteiger partial charge in [0, 0.05) is 18.0 Å². The molecule has 0 aliphatic rings. The number of hydrogen-bond acceptors (Lipinski definition) is 10. The molecule has 0 aromatic carbocycles. The van der Waals surface area contributed by atoms with E-state index in [4.69, 9.17) is 13.8 Å². The summed E-state index contributed by atoms with van der Waals surface area (Å²) in [5, 5.41) is 8.29. The van der Waals surface area contributed by atoms with Gasteiger partial charge in [-0.15, -0.1) is 0 Å². The molecule has 3 rings (SSSR count). The molecule has 9 nitrogen and oxygen atoms in total. The third-order valence-electron chi connectivity index (χ3n) is 3.65. The van der Waals surface area contributed by atoms with Crippen molar-refractivity contribution in [3.05, 3.63) is 47.3 Å². The average Bonchev–Trinajstić information content (AvgIpc) is 3.34. The number of thioether (sulfide) groups is 1. The van der Waals surface area contributed by atoms with Gasteiger partial charge in [0.2, 0.25) is 5.89 Å². The van der Waals surface area contributed by atoms with E-state index in [2.05, 4.69) is 25.3 Å². The molecule has 0 aliphatic carbocycles. The van der Waals surface area contributed by atoms with Crippen LogP contribution in [0.15, 0.2) is 32.4 Å². The average molecular weight is 403 g/mol. The van der Waals surface area contributed by atoms with Gasteiger partial charge in [0.1, 0.15) is 5.03 Å². The minimum absolute atomic E-state index is 0.0983. The van der Waals surface area contributed by atoms with Crippen molar-refractivity contribution in [2.75, 3.05) is 0 Å². The van der Waals surface area contributed by atoms with Crippen LogP contribution in [0.5, 0.6) is 0 Å². The molecule has 0 aliphatic heterocycles. The highest BCUT2D eigenvalue weighted by atomic mass is 32.2. The molecule has 0 saturated heterocycles. The molecule has 0 bridgehead atoms. The molecule has 3 heterocycles. The Labute approximate surface area is 166 Å². The van der Waals surface area contributed by atoms with Crippen LogP contribution in [0.25, 0.3) is 0 Å². The van der Waals surface area contributed by atoms with Crippen molar-refractivity contribution < 1.29 is 18.6 Å². The van der Waals surface area contributed by atoms with Crippen molar-refractivity contribution in [2.45, 2.75) is 56.9 Å². The summed E-state index contributed by atoms with van der Waals surface area (Å²) in [6.07, 6.45) is 1.61. The van der Waals surface area contributed by atoms with Crippen molar-refractivity contribution in [2.24, 2.45) is 0 Å². The highest BCUT2D eigenvalue weighted by molar-refractivity contribution is 7.98. The highest BCUT2D eigenvalue weighted by Crippen LogP contribution is 2.25. The number of hydrogen-bond donors (Lipinski definition) is 0. The molecular formula is C18H21N5O4S. The van der Waals surface area contributed by atoms with Crippen LogP contribution < -0.4 is 0 Å². The van der Waals surface area contributed by atoms with Crippen LogP contribution in [0.3, 0.4) is 0 Å². The number of aromatic nitrogens is 5. The second-order valence-corrected chi connectivity index (χ2v) is 7.59. The lowest BCUT2D eigenvalue weighted by molar-refractivity contribution is 0.0424. The fourth-order valence-electron chi connectivity index (χ4n) is 2.12. The Bertz CT molecular complexity index is 937. The number of rotatable bonds is 8. The number of carbonyl (C=O) groups excluding carboxylic acids is 1. The Morgan fingerprint density at radius 3 is 2.36 bits per heavy atom. The first kappa shape index (κ1) is 20.0. The van der Waals surface area contributed by atoms with Gasteiger partial charge < -0.3 is 13.8 Å². The maximum atomic E-state index is 12.5. The summed E-state index contributed by atoms with van der Waals surface area (Å²) in [5.41, 5.74) is 0.347. The lowest BCUT2D eigenvalue weighted by atomic mass is 10.2. The zero-order chi connectivity index (χ0) is 20.1. The zero-order valence-corrected chi connectivity index (χ0v) is 16.9. The van der Waals surface area contributed by atoms with Crippen LogP contribution in [0, 0.1) is 0 Å². The summed E-state index contributed by atoms with van der Waals surface area (Å²) in [4.78, 5) is 25.2. The molecule has 10 heteroatoms. The van der Waals surface area contributed by atoms with E-state index in [1.165, 1.54) is 11.8 Å². The normalized spacial score (nSPS) is 11.4. The lowest BCUT2D eigenvalue weighted by Gasteiger charge is -2.06. The first-order chi connectivity index (χ1) is 13.4. The third kappa shape index (κ3) is 4.94. The molecule has 0 spiro atoms. The van der Waals surface area contributed by atoms with Crippen LogP contribution >= 0.6 is 11.8 Å². The molecule has 0 fully saturated rings. The summed E-state index contributed by atoms with van der Waals surface area (Å²) in [6, 6.07) is 3.33. The van der Waals surface area contributed by atoms with Crippen LogP contribution in [-0.4, -0.2) is 31.2 Å². The van der Waals surface area contributed by atoms with Crippen LogP contribution in [0.1, 0.15) is 73.3 Å². The van der Waals surface area contributed by atoms with Crippen molar-refractivity contribution in [3.8, 4) is 0 Å². The lowest BCUT2D eigenvalue weighted by Crippen LogP contribution is -2.08. The molecule has 0 amide bonds. The molecule has 148 valence electrons. The number of esters is 1. The molecule has 3 aromatic rings. The van der Waals surface area contributed by atoms with Gasteiger partial charge in [-0.1, -0.05) is 49.8 Å². The maximum Gasteiger partial charge on any atom is 0.341 e. The molecule has 0 radical (unpaired) electrons. The minimum atomic E-state index is -0.520. The molecule has 0 atom stereocenters. The molecule has 3 aromatic heterocycles. The van der Waals surface area contributed by atoms with Gasteiger partial charge in [0.05, 0.1) is 11.3 Å². The molecule has 0 saturated carbocycles. The fourth-order valence-corrected chi connectivity index (χ4v) is 2.94. The van der Waals surface area contributed by atoms with Crippen molar-refractivity contribution in [3.63, 3.8) is 0 Å². The Morgan fingerprint density at radius 1 is 1.07 bits per heavy atom. The van der Waals surface area contributed by atoms with Gasteiger partial charge >= 0.3 is 5.97 Å². The molecular weight excluding hydrogens is 382 g/mol. The maximum absolute atomic E-state index is 12.5. The predicted molar refractivity (Wildman–Crippen MR) is 99.7 cm³/mol. The van der Waals surface area contributed by atoms with Crippen molar-refractivity contribution in [1.82, 2.24) is 25.3 Å². The number of nitrogens with zero attached hydrogens (tertiary/aromatic N) is 5. The van der Waals surface area contributed by atoms with Gasteiger partial charge in [0.25, 0.3) is 5.89 Å². The number of carbonyl (C=O) groups is 1. The van der Waals surface area contributed by atoms with E-state index in [9.17, 15) is 4.79 Å². The Kier molecular flexibility index (Phi) is 6.40. The minimum Gasteiger partial charge on any atom is -0.452 e.